The van der Waals surface area contributed by atoms with Gasteiger partial charge in [0.05, 0.1) is 0 Å². The summed E-state index contributed by atoms with van der Waals surface area (Å²) in [6.07, 6.45) is 0. The Kier molecular flexibility index (Phi) is 5.10. The molecule has 0 spiro atoms. The van der Waals surface area contributed by atoms with Crippen LogP contribution in [0.25, 0.3) is 0 Å². The molecule has 0 aliphatic carbocycles. The molecule has 0 aromatic heterocycles. The Bertz CT molecular complexity index is 337. The lowest BCUT2D eigenvalue weighted by Gasteiger charge is -2.27. The summed E-state index contributed by atoms with van der Waals surface area (Å²) in [6.45, 7) is 9.16. The Morgan fingerprint density at radius 1 is 1.38 bits per heavy atom. The van der Waals surface area contributed by atoms with Crippen LogP contribution in [0, 0.1) is 5.92 Å². The average molecular weight is 241 g/mol. The smallest absolute Gasteiger partial charge is 0.0426 e. The molecule has 0 fully saturated rings. The van der Waals surface area contributed by atoms with Crippen LogP contribution >= 0.6 is 11.6 Å². The Morgan fingerprint density at radius 3 is 2.56 bits per heavy atom. The van der Waals surface area contributed by atoms with Crippen LogP contribution in [0.3, 0.4) is 0 Å². The lowest BCUT2D eigenvalue weighted by atomic mass is 10.1. The van der Waals surface area contributed by atoms with Gasteiger partial charge in [-0.05, 0) is 30.5 Å². The van der Waals surface area contributed by atoms with Crippen molar-refractivity contribution >= 4 is 17.3 Å². The summed E-state index contributed by atoms with van der Waals surface area (Å²) >= 11 is 6.04. The quantitative estimate of drug-likeness (QED) is 0.856. The van der Waals surface area contributed by atoms with E-state index in [1.807, 2.05) is 18.2 Å². The van der Waals surface area contributed by atoms with Gasteiger partial charge in [-0.25, -0.2) is 0 Å². The van der Waals surface area contributed by atoms with Crippen molar-refractivity contribution in [2.24, 2.45) is 11.7 Å². The number of nitrogens with two attached hydrogens (primary N) is 1. The lowest BCUT2D eigenvalue weighted by Crippen LogP contribution is -2.28. The van der Waals surface area contributed by atoms with Gasteiger partial charge in [-0.15, -0.1) is 0 Å². The Labute approximate surface area is 103 Å². The molecule has 0 heterocycles. The number of benzene rings is 1. The standard InChI is InChI=1S/C13H21ClN2/c1-4-16(9-10(2)3)13-7-12(14)6-5-11(13)8-15/h5-7,10H,4,8-9,15H2,1-3H3. The van der Waals surface area contributed by atoms with E-state index in [-0.39, 0.29) is 0 Å². The molecule has 0 aliphatic rings. The van der Waals surface area contributed by atoms with E-state index in [1.165, 1.54) is 5.69 Å². The molecular weight excluding hydrogens is 220 g/mol. The van der Waals surface area contributed by atoms with E-state index in [9.17, 15) is 0 Å². The molecule has 1 aromatic carbocycles. The van der Waals surface area contributed by atoms with Gasteiger partial charge < -0.3 is 10.6 Å². The van der Waals surface area contributed by atoms with Crippen LogP contribution in [0.15, 0.2) is 18.2 Å². The molecular formula is C13H21ClN2. The second-order valence-electron chi connectivity index (χ2n) is 4.41. The van der Waals surface area contributed by atoms with E-state index in [0.717, 1.165) is 23.7 Å². The van der Waals surface area contributed by atoms with Gasteiger partial charge in [-0.1, -0.05) is 31.5 Å². The Morgan fingerprint density at radius 2 is 2.06 bits per heavy atom. The lowest BCUT2D eigenvalue weighted by molar-refractivity contribution is 0.617. The third kappa shape index (κ3) is 3.39. The molecule has 0 atom stereocenters. The fourth-order valence-electron chi connectivity index (χ4n) is 1.84. The van der Waals surface area contributed by atoms with Crippen molar-refractivity contribution in [3.05, 3.63) is 28.8 Å². The maximum absolute atomic E-state index is 6.04. The van der Waals surface area contributed by atoms with Crippen molar-refractivity contribution in [3.63, 3.8) is 0 Å². The molecule has 0 bridgehead atoms. The Hall–Kier alpha value is -0.730. The van der Waals surface area contributed by atoms with Crippen LogP contribution in [0.5, 0.6) is 0 Å². The predicted molar refractivity (Wildman–Crippen MR) is 72.1 cm³/mol. The average Bonchev–Trinajstić information content (AvgIpc) is 2.25. The molecule has 1 aromatic rings. The molecule has 0 radical (unpaired) electrons. The maximum atomic E-state index is 6.04. The fraction of sp³-hybridized carbons (Fsp3) is 0.538. The highest BCUT2D eigenvalue weighted by Crippen LogP contribution is 2.25. The van der Waals surface area contributed by atoms with E-state index in [0.29, 0.717) is 12.5 Å². The highest BCUT2D eigenvalue weighted by atomic mass is 35.5. The molecule has 90 valence electrons. The molecule has 0 saturated carbocycles. The first-order chi connectivity index (χ1) is 7.58. The van der Waals surface area contributed by atoms with Crippen molar-refractivity contribution in [2.75, 3.05) is 18.0 Å². The topological polar surface area (TPSA) is 29.3 Å². The number of rotatable bonds is 5. The van der Waals surface area contributed by atoms with E-state index in [2.05, 4.69) is 25.7 Å². The number of halogens is 1. The van der Waals surface area contributed by atoms with Crippen LogP contribution in [-0.2, 0) is 6.54 Å². The Balaban J connectivity index is 3.02. The summed E-state index contributed by atoms with van der Waals surface area (Å²) in [5.41, 5.74) is 8.09. The van der Waals surface area contributed by atoms with E-state index in [1.54, 1.807) is 0 Å². The van der Waals surface area contributed by atoms with Crippen molar-refractivity contribution in [2.45, 2.75) is 27.3 Å². The summed E-state index contributed by atoms with van der Waals surface area (Å²) in [4.78, 5) is 2.33. The zero-order chi connectivity index (χ0) is 12.1. The monoisotopic (exact) mass is 240 g/mol. The minimum atomic E-state index is 0.557. The van der Waals surface area contributed by atoms with Crippen molar-refractivity contribution < 1.29 is 0 Å². The summed E-state index contributed by atoms with van der Waals surface area (Å²) in [7, 11) is 0. The summed E-state index contributed by atoms with van der Waals surface area (Å²) < 4.78 is 0. The zero-order valence-corrected chi connectivity index (χ0v) is 11.1. The van der Waals surface area contributed by atoms with Crippen molar-refractivity contribution in [1.29, 1.82) is 0 Å². The molecule has 0 amide bonds. The van der Waals surface area contributed by atoms with Gasteiger partial charge in [0.25, 0.3) is 0 Å². The van der Waals surface area contributed by atoms with E-state index >= 15 is 0 Å². The van der Waals surface area contributed by atoms with Crippen LogP contribution in [-0.4, -0.2) is 13.1 Å². The normalized spacial score (nSPS) is 10.9. The van der Waals surface area contributed by atoms with Crippen molar-refractivity contribution in [3.8, 4) is 0 Å². The minimum Gasteiger partial charge on any atom is -0.371 e. The first kappa shape index (κ1) is 13.3. The second-order valence-corrected chi connectivity index (χ2v) is 4.85. The summed E-state index contributed by atoms with van der Waals surface area (Å²) in [6, 6.07) is 5.92. The van der Waals surface area contributed by atoms with Gasteiger partial charge in [-0.2, -0.15) is 0 Å². The maximum Gasteiger partial charge on any atom is 0.0426 e. The molecule has 16 heavy (non-hydrogen) atoms. The van der Waals surface area contributed by atoms with Crippen LogP contribution < -0.4 is 10.6 Å². The van der Waals surface area contributed by atoms with Gasteiger partial charge >= 0.3 is 0 Å². The van der Waals surface area contributed by atoms with Gasteiger partial charge in [-0.3, -0.25) is 0 Å². The molecule has 3 heteroatoms. The van der Waals surface area contributed by atoms with Gasteiger partial charge in [0.2, 0.25) is 0 Å². The van der Waals surface area contributed by atoms with Crippen LogP contribution in [0.2, 0.25) is 5.02 Å². The largest absolute Gasteiger partial charge is 0.371 e. The predicted octanol–water partition coefficient (Wildman–Crippen LogP) is 3.28. The van der Waals surface area contributed by atoms with E-state index < -0.39 is 0 Å². The number of anilines is 1. The molecule has 0 unspecified atom stereocenters. The SMILES string of the molecule is CCN(CC(C)C)c1cc(Cl)ccc1CN. The van der Waals surface area contributed by atoms with Crippen molar-refractivity contribution in [1.82, 2.24) is 0 Å². The van der Waals surface area contributed by atoms with Gasteiger partial charge in [0, 0.05) is 30.3 Å². The summed E-state index contributed by atoms with van der Waals surface area (Å²) in [5.74, 6) is 0.629. The number of hydrogen-bond acceptors (Lipinski definition) is 2. The molecule has 0 aliphatic heterocycles. The van der Waals surface area contributed by atoms with Crippen LogP contribution in [0.4, 0.5) is 5.69 Å². The summed E-state index contributed by atoms with van der Waals surface area (Å²) in [5, 5.41) is 0.773. The van der Waals surface area contributed by atoms with Gasteiger partial charge in [0.15, 0.2) is 0 Å². The highest BCUT2D eigenvalue weighted by Gasteiger charge is 2.10. The third-order valence-electron chi connectivity index (χ3n) is 2.58. The second kappa shape index (κ2) is 6.12. The highest BCUT2D eigenvalue weighted by molar-refractivity contribution is 6.30. The molecule has 2 N–H and O–H groups in total. The number of hydrogen-bond donors (Lipinski definition) is 1. The molecule has 2 nitrogen and oxygen atoms in total. The van der Waals surface area contributed by atoms with Gasteiger partial charge in [0.1, 0.15) is 0 Å². The first-order valence-electron chi connectivity index (χ1n) is 5.81. The molecule has 1 rings (SSSR count). The van der Waals surface area contributed by atoms with E-state index in [4.69, 9.17) is 17.3 Å². The molecule has 0 saturated heterocycles. The first-order valence-corrected chi connectivity index (χ1v) is 6.19. The minimum absolute atomic E-state index is 0.557. The third-order valence-corrected chi connectivity index (χ3v) is 2.81. The zero-order valence-electron chi connectivity index (χ0n) is 10.3. The fourth-order valence-corrected chi connectivity index (χ4v) is 2.01. The number of nitrogens with zero attached hydrogens (tertiary/aromatic N) is 1. The van der Waals surface area contributed by atoms with Crippen LogP contribution in [0.1, 0.15) is 26.3 Å².